The van der Waals surface area contributed by atoms with Gasteiger partial charge in [-0.15, -0.1) is 0 Å². The number of Topliss-reactive ketones (excluding diaryl/α,β-unsaturated/α-hetero) is 1. The molecular formula is C8H14O4. The molecule has 0 aliphatic rings. The fourth-order valence-electron chi connectivity index (χ4n) is 0.826. The van der Waals surface area contributed by atoms with Crippen LogP contribution in [0, 0.1) is 0 Å². The van der Waals surface area contributed by atoms with Crippen LogP contribution in [0.2, 0.25) is 0 Å². The van der Waals surface area contributed by atoms with E-state index in [-0.39, 0.29) is 12.2 Å². The maximum absolute atomic E-state index is 10.8. The SMILES string of the molecule is COCCCCC(=O)CC(=O)O. The fraction of sp³-hybridized carbons (Fsp3) is 0.750. The van der Waals surface area contributed by atoms with Crippen LogP contribution in [0.4, 0.5) is 0 Å². The topological polar surface area (TPSA) is 63.6 Å². The lowest BCUT2D eigenvalue weighted by Gasteiger charge is -1.97. The molecule has 0 unspecified atom stereocenters. The summed E-state index contributed by atoms with van der Waals surface area (Å²) in [5, 5.41) is 8.24. The quantitative estimate of drug-likeness (QED) is 0.459. The first-order chi connectivity index (χ1) is 5.66. The lowest BCUT2D eigenvalue weighted by Crippen LogP contribution is -2.06. The Morgan fingerprint density at radius 1 is 1.33 bits per heavy atom. The third-order valence-electron chi connectivity index (χ3n) is 1.40. The van der Waals surface area contributed by atoms with Gasteiger partial charge in [0.15, 0.2) is 0 Å². The van der Waals surface area contributed by atoms with Crippen molar-refractivity contribution in [1.82, 2.24) is 0 Å². The number of aliphatic carboxylic acids is 1. The van der Waals surface area contributed by atoms with E-state index in [1.807, 2.05) is 0 Å². The number of ketones is 1. The number of carboxylic acid groups (broad SMARTS) is 1. The number of carboxylic acids is 1. The van der Waals surface area contributed by atoms with Crippen molar-refractivity contribution in [3.63, 3.8) is 0 Å². The number of hydrogen-bond donors (Lipinski definition) is 1. The van der Waals surface area contributed by atoms with Crippen LogP contribution in [0.5, 0.6) is 0 Å². The Labute approximate surface area is 71.5 Å². The molecule has 1 N–H and O–H groups in total. The van der Waals surface area contributed by atoms with E-state index >= 15 is 0 Å². The molecule has 0 saturated heterocycles. The molecule has 0 atom stereocenters. The molecule has 12 heavy (non-hydrogen) atoms. The number of carbonyl (C=O) groups is 2. The van der Waals surface area contributed by atoms with Crippen LogP contribution in [0.15, 0.2) is 0 Å². The van der Waals surface area contributed by atoms with E-state index in [0.29, 0.717) is 19.4 Å². The van der Waals surface area contributed by atoms with Crippen molar-refractivity contribution >= 4 is 11.8 Å². The predicted molar refractivity (Wildman–Crippen MR) is 43.0 cm³/mol. The second-order valence-corrected chi connectivity index (χ2v) is 2.56. The molecule has 0 rings (SSSR count). The highest BCUT2D eigenvalue weighted by atomic mass is 16.5. The molecule has 0 aromatic rings. The molecule has 4 heteroatoms. The summed E-state index contributed by atoms with van der Waals surface area (Å²) in [6.07, 6.45) is 1.50. The number of carbonyl (C=O) groups excluding carboxylic acids is 1. The first-order valence-electron chi connectivity index (χ1n) is 3.89. The summed E-state index contributed by atoms with van der Waals surface area (Å²) < 4.78 is 4.78. The fourth-order valence-corrected chi connectivity index (χ4v) is 0.826. The van der Waals surface area contributed by atoms with Gasteiger partial charge in [0, 0.05) is 20.1 Å². The van der Waals surface area contributed by atoms with Crippen molar-refractivity contribution in [2.75, 3.05) is 13.7 Å². The third kappa shape index (κ3) is 7.21. The van der Waals surface area contributed by atoms with Crippen molar-refractivity contribution in [1.29, 1.82) is 0 Å². The van der Waals surface area contributed by atoms with Crippen LogP contribution in [-0.2, 0) is 14.3 Å². The van der Waals surface area contributed by atoms with Gasteiger partial charge >= 0.3 is 5.97 Å². The maximum atomic E-state index is 10.8. The molecule has 0 fully saturated rings. The van der Waals surface area contributed by atoms with Crippen molar-refractivity contribution in [3.05, 3.63) is 0 Å². The molecule has 0 radical (unpaired) electrons. The summed E-state index contributed by atoms with van der Waals surface area (Å²) in [5.41, 5.74) is 0. The Hall–Kier alpha value is -0.900. The number of ether oxygens (including phenoxy) is 1. The third-order valence-corrected chi connectivity index (χ3v) is 1.40. The summed E-state index contributed by atoms with van der Waals surface area (Å²) in [6.45, 7) is 0.625. The molecule has 0 aliphatic heterocycles. The van der Waals surface area contributed by atoms with E-state index in [4.69, 9.17) is 9.84 Å². The highest BCUT2D eigenvalue weighted by Crippen LogP contribution is 1.99. The van der Waals surface area contributed by atoms with E-state index in [2.05, 4.69) is 0 Å². The summed E-state index contributed by atoms with van der Waals surface area (Å²) in [7, 11) is 1.60. The zero-order valence-corrected chi connectivity index (χ0v) is 7.21. The zero-order valence-electron chi connectivity index (χ0n) is 7.21. The Morgan fingerprint density at radius 2 is 2.00 bits per heavy atom. The van der Waals surface area contributed by atoms with E-state index in [0.717, 1.165) is 6.42 Å². The Morgan fingerprint density at radius 3 is 2.50 bits per heavy atom. The Kier molecular flexibility index (Phi) is 6.28. The van der Waals surface area contributed by atoms with Crippen molar-refractivity contribution in [3.8, 4) is 0 Å². The molecule has 0 amide bonds. The highest BCUT2D eigenvalue weighted by molar-refractivity contribution is 5.94. The van der Waals surface area contributed by atoms with E-state index in [9.17, 15) is 9.59 Å². The van der Waals surface area contributed by atoms with Gasteiger partial charge in [0.25, 0.3) is 0 Å². The number of unbranched alkanes of at least 4 members (excludes halogenated alkanes) is 1. The lowest BCUT2D eigenvalue weighted by atomic mass is 10.1. The molecule has 4 nitrogen and oxygen atoms in total. The first kappa shape index (κ1) is 11.1. The summed E-state index contributed by atoms with van der Waals surface area (Å²) in [5.74, 6) is -1.26. The average Bonchev–Trinajstić information content (AvgIpc) is 1.97. The van der Waals surface area contributed by atoms with Crippen LogP contribution < -0.4 is 0 Å². The molecule has 0 saturated carbocycles. The van der Waals surface area contributed by atoms with Crippen molar-refractivity contribution in [2.45, 2.75) is 25.7 Å². The second kappa shape index (κ2) is 6.79. The number of hydrogen-bond acceptors (Lipinski definition) is 3. The van der Waals surface area contributed by atoms with Gasteiger partial charge in [0.1, 0.15) is 12.2 Å². The van der Waals surface area contributed by atoms with Gasteiger partial charge in [-0.3, -0.25) is 9.59 Å². The standard InChI is InChI=1S/C8H14O4/c1-12-5-3-2-4-7(9)6-8(10)11/h2-6H2,1H3,(H,10,11). The van der Waals surface area contributed by atoms with E-state index in [1.165, 1.54) is 0 Å². The van der Waals surface area contributed by atoms with Gasteiger partial charge < -0.3 is 9.84 Å². The van der Waals surface area contributed by atoms with Crippen molar-refractivity contribution in [2.24, 2.45) is 0 Å². The van der Waals surface area contributed by atoms with E-state index in [1.54, 1.807) is 7.11 Å². The monoisotopic (exact) mass is 174 g/mol. The molecule has 0 aromatic carbocycles. The highest BCUT2D eigenvalue weighted by Gasteiger charge is 2.06. The number of methoxy groups -OCH3 is 1. The predicted octanol–water partition coefficient (Wildman–Crippen LogP) is 0.847. The normalized spacial score (nSPS) is 9.75. The summed E-state index contributed by atoms with van der Waals surface area (Å²) >= 11 is 0. The minimum Gasteiger partial charge on any atom is -0.481 e. The van der Waals surface area contributed by atoms with Crippen LogP contribution in [0.25, 0.3) is 0 Å². The molecule has 0 aliphatic carbocycles. The number of rotatable bonds is 7. The lowest BCUT2D eigenvalue weighted by molar-refractivity contribution is -0.140. The average molecular weight is 174 g/mol. The van der Waals surface area contributed by atoms with Gasteiger partial charge in [-0.1, -0.05) is 0 Å². The van der Waals surface area contributed by atoms with Gasteiger partial charge in [0.05, 0.1) is 0 Å². The zero-order chi connectivity index (χ0) is 9.40. The minimum absolute atomic E-state index is 0.210. The first-order valence-corrected chi connectivity index (χ1v) is 3.89. The van der Waals surface area contributed by atoms with Crippen LogP contribution in [0.1, 0.15) is 25.7 Å². The molecule has 0 heterocycles. The van der Waals surface area contributed by atoms with Crippen LogP contribution >= 0.6 is 0 Å². The maximum Gasteiger partial charge on any atom is 0.310 e. The van der Waals surface area contributed by atoms with Gasteiger partial charge in [-0.2, -0.15) is 0 Å². The van der Waals surface area contributed by atoms with Gasteiger partial charge in [-0.05, 0) is 12.8 Å². The van der Waals surface area contributed by atoms with Gasteiger partial charge in [-0.25, -0.2) is 0 Å². The molecule has 0 spiro atoms. The van der Waals surface area contributed by atoms with Crippen molar-refractivity contribution < 1.29 is 19.4 Å². The van der Waals surface area contributed by atoms with Crippen LogP contribution in [0.3, 0.4) is 0 Å². The smallest absolute Gasteiger partial charge is 0.310 e. The summed E-state index contributed by atoms with van der Waals surface area (Å²) in [6, 6.07) is 0. The van der Waals surface area contributed by atoms with E-state index < -0.39 is 5.97 Å². The largest absolute Gasteiger partial charge is 0.481 e. The molecule has 0 aromatic heterocycles. The van der Waals surface area contributed by atoms with Crippen LogP contribution in [-0.4, -0.2) is 30.6 Å². The molecule has 70 valence electrons. The Bertz CT molecular complexity index is 153. The Balaban J connectivity index is 3.26. The van der Waals surface area contributed by atoms with Gasteiger partial charge in [0.2, 0.25) is 0 Å². The second-order valence-electron chi connectivity index (χ2n) is 2.56. The molecule has 0 bridgehead atoms. The summed E-state index contributed by atoms with van der Waals surface area (Å²) in [4.78, 5) is 20.8. The minimum atomic E-state index is -1.05. The molecular weight excluding hydrogens is 160 g/mol.